The average Bonchev–Trinajstić information content (AvgIpc) is 2.31. The first-order valence-corrected chi connectivity index (χ1v) is 5.52. The number of likely N-dealkylation sites (N-methyl/N-ethyl adjacent to an activating group) is 1. The van der Waals surface area contributed by atoms with Crippen molar-refractivity contribution in [3.05, 3.63) is 24.3 Å². The van der Waals surface area contributed by atoms with Gasteiger partial charge in [-0.05, 0) is 38.4 Å². The number of hydrogen-bond acceptors (Lipinski definition) is 4. The molecule has 0 aliphatic carbocycles. The molecule has 18 heavy (non-hydrogen) atoms. The number of nitrogens with one attached hydrogen (secondary N) is 2. The Labute approximate surface area is 106 Å². The van der Waals surface area contributed by atoms with Gasteiger partial charge in [-0.3, -0.25) is 9.59 Å². The Bertz CT molecular complexity index is 415. The van der Waals surface area contributed by atoms with E-state index < -0.39 is 11.8 Å². The number of rotatable bonds is 4. The highest BCUT2D eigenvalue weighted by molar-refractivity contribution is 6.39. The Morgan fingerprint density at radius 3 is 2.33 bits per heavy atom. The molecule has 0 radical (unpaired) electrons. The molecule has 3 N–H and O–H groups in total. The molecule has 6 nitrogen and oxygen atoms in total. The van der Waals surface area contributed by atoms with Gasteiger partial charge in [-0.15, -0.1) is 0 Å². The average molecular weight is 251 g/mol. The van der Waals surface area contributed by atoms with Crippen molar-refractivity contribution in [2.24, 2.45) is 0 Å². The van der Waals surface area contributed by atoms with E-state index >= 15 is 0 Å². The number of phenols is 1. The Kier molecular flexibility index (Phi) is 5.13. The third-order valence-corrected chi connectivity index (χ3v) is 2.18. The Morgan fingerprint density at radius 1 is 1.17 bits per heavy atom. The van der Waals surface area contributed by atoms with Crippen LogP contribution in [-0.2, 0) is 9.59 Å². The summed E-state index contributed by atoms with van der Waals surface area (Å²) in [5.41, 5.74) is 0.459. The minimum Gasteiger partial charge on any atom is -0.508 e. The first-order chi connectivity index (χ1) is 8.49. The summed E-state index contributed by atoms with van der Waals surface area (Å²) in [4.78, 5) is 24.8. The van der Waals surface area contributed by atoms with Crippen LogP contribution in [0.3, 0.4) is 0 Å². The highest BCUT2D eigenvalue weighted by Crippen LogP contribution is 2.13. The van der Waals surface area contributed by atoms with Crippen LogP contribution in [0.1, 0.15) is 0 Å². The van der Waals surface area contributed by atoms with Gasteiger partial charge in [-0.25, -0.2) is 0 Å². The van der Waals surface area contributed by atoms with E-state index in [1.165, 1.54) is 24.3 Å². The Hall–Kier alpha value is -2.08. The number of aromatic hydroxyl groups is 1. The summed E-state index contributed by atoms with van der Waals surface area (Å²) in [6.07, 6.45) is 0. The number of benzene rings is 1. The molecule has 1 aromatic carbocycles. The number of carbonyl (C=O) groups is 2. The van der Waals surface area contributed by atoms with E-state index in [1.807, 2.05) is 19.0 Å². The van der Waals surface area contributed by atoms with E-state index in [0.29, 0.717) is 18.8 Å². The number of hydrogen-bond donors (Lipinski definition) is 3. The lowest BCUT2D eigenvalue weighted by molar-refractivity contribution is -0.136. The second kappa shape index (κ2) is 6.61. The normalized spacial score (nSPS) is 10.2. The first kappa shape index (κ1) is 14.0. The van der Waals surface area contributed by atoms with Crippen molar-refractivity contribution < 1.29 is 14.7 Å². The number of amides is 2. The van der Waals surface area contributed by atoms with Crippen LogP contribution >= 0.6 is 0 Å². The van der Waals surface area contributed by atoms with Gasteiger partial charge in [0.25, 0.3) is 0 Å². The maximum atomic E-state index is 11.5. The van der Waals surface area contributed by atoms with Crippen LogP contribution in [0.4, 0.5) is 5.69 Å². The third-order valence-electron chi connectivity index (χ3n) is 2.18. The molecular weight excluding hydrogens is 234 g/mol. The van der Waals surface area contributed by atoms with Gasteiger partial charge in [0.1, 0.15) is 5.75 Å². The van der Waals surface area contributed by atoms with E-state index in [-0.39, 0.29) is 5.75 Å². The monoisotopic (exact) mass is 251 g/mol. The third kappa shape index (κ3) is 4.84. The van der Waals surface area contributed by atoms with E-state index in [9.17, 15) is 9.59 Å². The Balaban J connectivity index is 2.40. The van der Waals surface area contributed by atoms with Gasteiger partial charge in [0.15, 0.2) is 0 Å². The molecule has 0 atom stereocenters. The van der Waals surface area contributed by atoms with Gasteiger partial charge in [0.05, 0.1) is 0 Å². The molecule has 0 aliphatic heterocycles. The SMILES string of the molecule is CN(C)CCNC(=O)C(=O)Nc1ccc(O)cc1. The molecule has 0 bridgehead atoms. The molecule has 1 rings (SSSR count). The summed E-state index contributed by atoms with van der Waals surface area (Å²) in [6.45, 7) is 1.08. The fourth-order valence-electron chi connectivity index (χ4n) is 1.21. The molecule has 1 aromatic rings. The van der Waals surface area contributed by atoms with Crippen LogP contribution in [0.15, 0.2) is 24.3 Å². The molecule has 2 amide bonds. The minimum absolute atomic E-state index is 0.100. The summed E-state index contributed by atoms with van der Waals surface area (Å²) in [5.74, 6) is -1.30. The van der Waals surface area contributed by atoms with Crippen molar-refractivity contribution in [3.8, 4) is 5.75 Å². The fourth-order valence-corrected chi connectivity index (χ4v) is 1.21. The predicted octanol–water partition coefficient (Wildman–Crippen LogP) is 0.00850. The topological polar surface area (TPSA) is 81.7 Å². The largest absolute Gasteiger partial charge is 0.508 e. The predicted molar refractivity (Wildman–Crippen MR) is 68.3 cm³/mol. The quantitative estimate of drug-likeness (QED) is 0.520. The van der Waals surface area contributed by atoms with Crippen LogP contribution < -0.4 is 10.6 Å². The molecular formula is C12H17N3O3. The highest BCUT2D eigenvalue weighted by Gasteiger charge is 2.12. The van der Waals surface area contributed by atoms with E-state index in [0.717, 1.165) is 0 Å². The molecule has 0 saturated heterocycles. The molecule has 0 aromatic heterocycles. The Morgan fingerprint density at radius 2 is 1.78 bits per heavy atom. The van der Waals surface area contributed by atoms with Crippen molar-refractivity contribution in [2.75, 3.05) is 32.5 Å². The standard InChI is InChI=1S/C12H17N3O3/c1-15(2)8-7-13-11(17)12(18)14-9-3-5-10(16)6-4-9/h3-6,16H,7-8H2,1-2H3,(H,13,17)(H,14,18). The smallest absolute Gasteiger partial charge is 0.313 e. The van der Waals surface area contributed by atoms with Gasteiger partial charge in [0.2, 0.25) is 0 Å². The van der Waals surface area contributed by atoms with Gasteiger partial charge in [-0.1, -0.05) is 0 Å². The number of phenolic OH excluding ortho intramolecular Hbond substituents is 1. The van der Waals surface area contributed by atoms with Crippen LogP contribution in [0.2, 0.25) is 0 Å². The van der Waals surface area contributed by atoms with Crippen molar-refractivity contribution >= 4 is 17.5 Å². The summed E-state index contributed by atoms with van der Waals surface area (Å²) >= 11 is 0. The van der Waals surface area contributed by atoms with Crippen molar-refractivity contribution in [3.63, 3.8) is 0 Å². The maximum absolute atomic E-state index is 11.5. The molecule has 98 valence electrons. The molecule has 0 aliphatic rings. The molecule has 0 saturated carbocycles. The van der Waals surface area contributed by atoms with Crippen molar-refractivity contribution in [1.82, 2.24) is 10.2 Å². The maximum Gasteiger partial charge on any atom is 0.313 e. The second-order valence-electron chi connectivity index (χ2n) is 4.06. The van der Waals surface area contributed by atoms with Gasteiger partial charge in [-0.2, -0.15) is 0 Å². The molecule has 0 fully saturated rings. The lowest BCUT2D eigenvalue weighted by atomic mass is 10.3. The number of anilines is 1. The second-order valence-corrected chi connectivity index (χ2v) is 4.06. The number of nitrogens with zero attached hydrogens (tertiary/aromatic N) is 1. The zero-order valence-corrected chi connectivity index (χ0v) is 10.4. The molecule has 0 spiro atoms. The fraction of sp³-hybridized carbons (Fsp3) is 0.333. The van der Waals surface area contributed by atoms with E-state index in [1.54, 1.807) is 0 Å². The van der Waals surface area contributed by atoms with Gasteiger partial charge >= 0.3 is 11.8 Å². The molecule has 6 heteroatoms. The lowest BCUT2D eigenvalue weighted by Gasteiger charge is -2.10. The van der Waals surface area contributed by atoms with E-state index in [4.69, 9.17) is 5.11 Å². The molecule has 0 unspecified atom stereocenters. The van der Waals surface area contributed by atoms with Crippen LogP contribution in [0.5, 0.6) is 5.75 Å². The van der Waals surface area contributed by atoms with Crippen LogP contribution in [-0.4, -0.2) is 49.0 Å². The summed E-state index contributed by atoms with van der Waals surface area (Å²) in [7, 11) is 3.76. The summed E-state index contributed by atoms with van der Waals surface area (Å²) in [6, 6.07) is 5.89. The van der Waals surface area contributed by atoms with Crippen molar-refractivity contribution in [2.45, 2.75) is 0 Å². The van der Waals surface area contributed by atoms with Crippen LogP contribution in [0.25, 0.3) is 0 Å². The minimum atomic E-state index is -0.723. The van der Waals surface area contributed by atoms with Crippen LogP contribution in [0, 0.1) is 0 Å². The zero-order valence-electron chi connectivity index (χ0n) is 10.4. The summed E-state index contributed by atoms with van der Waals surface area (Å²) < 4.78 is 0. The van der Waals surface area contributed by atoms with Gasteiger partial charge in [0, 0.05) is 18.8 Å². The van der Waals surface area contributed by atoms with Gasteiger partial charge < -0.3 is 20.6 Å². The van der Waals surface area contributed by atoms with E-state index in [2.05, 4.69) is 10.6 Å². The molecule has 0 heterocycles. The van der Waals surface area contributed by atoms with Crippen molar-refractivity contribution in [1.29, 1.82) is 0 Å². The highest BCUT2D eigenvalue weighted by atomic mass is 16.3. The first-order valence-electron chi connectivity index (χ1n) is 5.52. The summed E-state index contributed by atoms with van der Waals surface area (Å²) in [5, 5.41) is 14.0. The lowest BCUT2D eigenvalue weighted by Crippen LogP contribution is -2.38. The zero-order chi connectivity index (χ0) is 13.5. The number of carbonyl (C=O) groups excluding carboxylic acids is 2.